The Labute approximate surface area is 82.7 Å². The molecule has 0 spiro atoms. The van der Waals surface area contributed by atoms with E-state index in [2.05, 4.69) is 16.4 Å². The van der Waals surface area contributed by atoms with Crippen LogP contribution in [0.25, 0.3) is 0 Å². The van der Waals surface area contributed by atoms with Crippen LogP contribution in [0.2, 0.25) is 0 Å². The van der Waals surface area contributed by atoms with Crippen LogP contribution < -0.4 is 11.1 Å². The molecule has 14 heavy (non-hydrogen) atoms. The van der Waals surface area contributed by atoms with E-state index in [9.17, 15) is 8.42 Å². The molecule has 0 unspecified atom stereocenters. The first-order chi connectivity index (χ1) is 6.51. The van der Waals surface area contributed by atoms with Crippen LogP contribution in [0.1, 0.15) is 0 Å². The minimum absolute atomic E-state index is 0.0454. The standard InChI is InChI=1S/C8H11N3O2S/c1-10-8-4-3-6(5-7(8)9)14(12,13)11-2/h3-5,10H,2,9H2,1H3. The summed E-state index contributed by atoms with van der Waals surface area (Å²) in [5.41, 5.74) is 6.63. The van der Waals surface area contributed by atoms with E-state index in [0.717, 1.165) is 0 Å². The monoisotopic (exact) mass is 213 g/mol. The van der Waals surface area contributed by atoms with Crippen molar-refractivity contribution in [1.29, 1.82) is 0 Å². The summed E-state index contributed by atoms with van der Waals surface area (Å²) in [5, 5.41) is 2.83. The highest BCUT2D eigenvalue weighted by Crippen LogP contribution is 2.22. The Morgan fingerprint density at radius 3 is 2.57 bits per heavy atom. The van der Waals surface area contributed by atoms with E-state index >= 15 is 0 Å². The third kappa shape index (κ3) is 1.85. The van der Waals surface area contributed by atoms with Crippen molar-refractivity contribution in [3.63, 3.8) is 0 Å². The van der Waals surface area contributed by atoms with Crippen LogP contribution in [-0.2, 0) is 10.0 Å². The first kappa shape index (κ1) is 10.5. The summed E-state index contributed by atoms with van der Waals surface area (Å²) >= 11 is 0. The van der Waals surface area contributed by atoms with Gasteiger partial charge >= 0.3 is 0 Å². The SMILES string of the molecule is C=NS(=O)(=O)c1ccc(NC)c(N)c1. The molecular formula is C8H11N3O2S. The van der Waals surface area contributed by atoms with Gasteiger partial charge in [-0.3, -0.25) is 0 Å². The van der Waals surface area contributed by atoms with E-state index < -0.39 is 10.0 Å². The molecule has 1 aromatic carbocycles. The average Bonchev–Trinajstić information content (AvgIpc) is 2.17. The molecule has 0 fully saturated rings. The van der Waals surface area contributed by atoms with Crippen molar-refractivity contribution in [2.75, 3.05) is 18.1 Å². The fourth-order valence-electron chi connectivity index (χ4n) is 1.00. The third-order valence-electron chi connectivity index (χ3n) is 1.76. The van der Waals surface area contributed by atoms with Gasteiger partial charge in [-0.15, -0.1) is 0 Å². The molecule has 3 N–H and O–H groups in total. The molecule has 0 aromatic heterocycles. The number of anilines is 2. The number of nitrogens with two attached hydrogens (primary N) is 1. The van der Waals surface area contributed by atoms with E-state index in [0.29, 0.717) is 11.4 Å². The number of rotatable bonds is 3. The summed E-state index contributed by atoms with van der Waals surface area (Å²) in [5.74, 6) is 0. The highest BCUT2D eigenvalue weighted by molar-refractivity contribution is 7.90. The van der Waals surface area contributed by atoms with E-state index in [-0.39, 0.29) is 4.90 Å². The molecule has 0 aliphatic heterocycles. The number of nitrogen functional groups attached to an aromatic ring is 1. The highest BCUT2D eigenvalue weighted by Gasteiger charge is 2.11. The van der Waals surface area contributed by atoms with Crippen LogP contribution in [0.5, 0.6) is 0 Å². The quantitative estimate of drug-likeness (QED) is 0.571. The van der Waals surface area contributed by atoms with E-state index in [1.807, 2.05) is 0 Å². The van der Waals surface area contributed by atoms with Crippen molar-refractivity contribution in [2.24, 2.45) is 4.40 Å². The predicted octanol–water partition coefficient (Wildman–Crippen LogP) is 0.700. The molecule has 1 aromatic rings. The highest BCUT2D eigenvalue weighted by atomic mass is 32.2. The first-order valence-corrected chi connectivity index (χ1v) is 5.25. The minimum Gasteiger partial charge on any atom is -0.397 e. The van der Waals surface area contributed by atoms with Crippen LogP contribution in [0.3, 0.4) is 0 Å². The number of nitrogens with zero attached hydrogens (tertiary/aromatic N) is 1. The van der Waals surface area contributed by atoms with Crippen molar-refractivity contribution < 1.29 is 8.42 Å². The molecule has 6 heteroatoms. The zero-order valence-electron chi connectivity index (χ0n) is 7.69. The Kier molecular flexibility index (Phi) is 2.76. The Bertz CT molecular complexity index is 454. The van der Waals surface area contributed by atoms with Crippen molar-refractivity contribution in [1.82, 2.24) is 0 Å². The van der Waals surface area contributed by atoms with Crippen LogP contribution in [0.4, 0.5) is 11.4 Å². The van der Waals surface area contributed by atoms with Gasteiger partial charge < -0.3 is 11.1 Å². The van der Waals surface area contributed by atoms with Gasteiger partial charge in [-0.25, -0.2) is 0 Å². The van der Waals surface area contributed by atoms with Gasteiger partial charge in [-0.2, -0.15) is 12.8 Å². The van der Waals surface area contributed by atoms with Crippen LogP contribution in [0, 0.1) is 0 Å². The lowest BCUT2D eigenvalue weighted by Gasteiger charge is -2.05. The Hall–Kier alpha value is -1.56. The summed E-state index contributed by atoms with van der Waals surface area (Å²) in [4.78, 5) is 0.0454. The van der Waals surface area contributed by atoms with Gasteiger partial charge in [0.1, 0.15) is 0 Å². The van der Waals surface area contributed by atoms with Gasteiger partial charge in [0, 0.05) is 13.8 Å². The second-order valence-corrected chi connectivity index (χ2v) is 4.28. The maximum atomic E-state index is 11.2. The molecule has 0 aliphatic carbocycles. The van der Waals surface area contributed by atoms with Crippen molar-refractivity contribution >= 4 is 28.1 Å². The molecule has 0 saturated carbocycles. The van der Waals surface area contributed by atoms with Crippen molar-refractivity contribution in [3.05, 3.63) is 18.2 Å². The lowest BCUT2D eigenvalue weighted by atomic mass is 10.3. The van der Waals surface area contributed by atoms with E-state index in [1.165, 1.54) is 12.1 Å². The lowest BCUT2D eigenvalue weighted by Crippen LogP contribution is -2.00. The molecule has 76 valence electrons. The van der Waals surface area contributed by atoms with Gasteiger partial charge in [0.15, 0.2) is 0 Å². The molecule has 0 aliphatic rings. The molecule has 0 heterocycles. The summed E-state index contributed by atoms with van der Waals surface area (Å²) in [6.07, 6.45) is 0. The predicted molar refractivity (Wildman–Crippen MR) is 57.1 cm³/mol. The molecule has 0 bridgehead atoms. The first-order valence-electron chi connectivity index (χ1n) is 3.81. The molecule has 0 atom stereocenters. The molecular weight excluding hydrogens is 202 g/mol. The zero-order chi connectivity index (χ0) is 10.8. The number of nitrogens with one attached hydrogen (secondary N) is 1. The number of hydrogen-bond donors (Lipinski definition) is 2. The molecule has 0 amide bonds. The summed E-state index contributed by atoms with van der Waals surface area (Å²) in [7, 11) is -1.94. The van der Waals surface area contributed by atoms with Crippen molar-refractivity contribution in [3.8, 4) is 0 Å². The van der Waals surface area contributed by atoms with E-state index in [1.54, 1.807) is 13.1 Å². The average molecular weight is 213 g/mol. The Morgan fingerprint density at radius 2 is 2.14 bits per heavy atom. The van der Waals surface area contributed by atoms with Gasteiger partial charge in [-0.1, -0.05) is 0 Å². The fourth-order valence-corrected chi connectivity index (χ4v) is 1.67. The molecule has 1 rings (SSSR count). The number of benzene rings is 1. The van der Waals surface area contributed by atoms with E-state index in [4.69, 9.17) is 5.73 Å². The number of hydrogen-bond acceptors (Lipinski definition) is 4. The maximum absolute atomic E-state index is 11.2. The van der Waals surface area contributed by atoms with Gasteiger partial charge in [0.05, 0.1) is 16.3 Å². The second-order valence-electron chi connectivity index (χ2n) is 2.60. The molecule has 5 nitrogen and oxygen atoms in total. The molecule has 0 saturated heterocycles. The summed E-state index contributed by atoms with van der Waals surface area (Å²) in [6.45, 7) is 2.99. The summed E-state index contributed by atoms with van der Waals surface area (Å²) < 4.78 is 25.5. The Balaban J connectivity index is 3.29. The fraction of sp³-hybridized carbons (Fsp3) is 0.125. The third-order valence-corrected chi connectivity index (χ3v) is 2.95. The van der Waals surface area contributed by atoms with Crippen LogP contribution >= 0.6 is 0 Å². The van der Waals surface area contributed by atoms with Crippen LogP contribution in [0.15, 0.2) is 27.5 Å². The van der Waals surface area contributed by atoms with Gasteiger partial charge in [0.2, 0.25) is 0 Å². The normalized spacial score (nSPS) is 10.9. The summed E-state index contributed by atoms with van der Waals surface area (Å²) in [6, 6.07) is 4.34. The lowest BCUT2D eigenvalue weighted by molar-refractivity contribution is 0.598. The number of sulfonamides is 1. The molecule has 0 radical (unpaired) electrons. The van der Waals surface area contributed by atoms with Gasteiger partial charge in [-0.05, 0) is 18.2 Å². The largest absolute Gasteiger partial charge is 0.397 e. The maximum Gasteiger partial charge on any atom is 0.281 e. The van der Waals surface area contributed by atoms with Crippen molar-refractivity contribution in [2.45, 2.75) is 4.90 Å². The second kappa shape index (κ2) is 3.67. The topological polar surface area (TPSA) is 84.5 Å². The zero-order valence-corrected chi connectivity index (χ0v) is 8.50. The Morgan fingerprint density at radius 1 is 1.50 bits per heavy atom. The van der Waals surface area contributed by atoms with Crippen LogP contribution in [-0.4, -0.2) is 22.2 Å². The smallest absolute Gasteiger partial charge is 0.281 e. The minimum atomic E-state index is -3.64. The van der Waals surface area contributed by atoms with Gasteiger partial charge in [0.25, 0.3) is 10.0 Å².